The van der Waals surface area contributed by atoms with Gasteiger partial charge in [0.2, 0.25) is 0 Å². The largest absolute Gasteiger partial charge is 0.274 e. The van der Waals surface area contributed by atoms with E-state index in [1.165, 1.54) is 9.80 Å². The zero-order valence-electron chi connectivity index (χ0n) is 33.6. The van der Waals surface area contributed by atoms with Gasteiger partial charge in [-0.2, -0.15) is 0 Å². The third-order valence-corrected chi connectivity index (χ3v) is 13.6. The Morgan fingerprint density at radius 2 is 0.762 bits per heavy atom. The lowest BCUT2D eigenvalue weighted by Gasteiger charge is -2.31. The lowest BCUT2D eigenvalue weighted by Crippen LogP contribution is -2.44. The first-order valence-corrected chi connectivity index (χ1v) is 21.1. The van der Waals surface area contributed by atoms with Gasteiger partial charge < -0.3 is 0 Å². The third-order valence-electron chi connectivity index (χ3n) is 13.6. The Morgan fingerprint density at radius 1 is 0.397 bits per heavy atom. The number of unbranched alkanes of at least 4 members (excludes halogenated alkanes) is 1. The standard InChI is InChI=1S/C51H31N5O7/c1-2-3-21-53-45(57)29-14-9-24-26-11-16-31-42-32(17-12-27(39(26)42)25-10-15-30(46(53)58)41(29)38(24)25)48(60)54(47(31)59)22-6-23-55-49(61)33-18-13-28-40-35(20-19-34(43(33)40)50(55)62)51(63)56-37-8-5-4-7-36(37)52-44(28)56/h4-5,7-20H,2-3,6,21-23H2,1H3. The molecular formula is C51H31N5O7. The fourth-order valence-electron chi connectivity index (χ4n) is 10.8. The van der Waals surface area contributed by atoms with E-state index in [0.29, 0.717) is 84.2 Å². The summed E-state index contributed by atoms with van der Waals surface area (Å²) in [7, 11) is 0. The zero-order valence-corrected chi connectivity index (χ0v) is 33.6. The van der Waals surface area contributed by atoms with Crippen molar-refractivity contribution in [2.45, 2.75) is 26.2 Å². The van der Waals surface area contributed by atoms with E-state index in [0.717, 1.165) is 43.6 Å². The van der Waals surface area contributed by atoms with Crippen LogP contribution in [0, 0.1) is 0 Å². The molecular weight excluding hydrogens is 795 g/mol. The molecule has 0 atom stereocenters. The van der Waals surface area contributed by atoms with E-state index >= 15 is 0 Å². The number of hydrogen-bond donors (Lipinski definition) is 0. The van der Waals surface area contributed by atoms with Gasteiger partial charge in [-0.05, 0) is 106 Å². The van der Waals surface area contributed by atoms with E-state index in [2.05, 4.69) is 0 Å². The molecule has 10 aromatic rings. The molecule has 3 aliphatic rings. The Morgan fingerprint density at radius 3 is 1.19 bits per heavy atom. The van der Waals surface area contributed by atoms with Crippen LogP contribution in [0.1, 0.15) is 88.3 Å². The van der Waals surface area contributed by atoms with Gasteiger partial charge in [0.15, 0.2) is 0 Å². The van der Waals surface area contributed by atoms with Crippen LogP contribution in [0.4, 0.5) is 0 Å². The molecule has 0 N–H and O–H groups in total. The van der Waals surface area contributed by atoms with Crippen molar-refractivity contribution in [2.24, 2.45) is 0 Å². The first-order valence-electron chi connectivity index (χ1n) is 21.1. The van der Waals surface area contributed by atoms with Gasteiger partial charge in [-0.25, -0.2) is 4.98 Å². The number of para-hydroxylation sites is 2. The van der Waals surface area contributed by atoms with E-state index in [-0.39, 0.29) is 48.0 Å². The normalized spacial score (nSPS) is 15.3. The molecule has 0 saturated heterocycles. The van der Waals surface area contributed by atoms with Crippen LogP contribution in [0.2, 0.25) is 0 Å². The van der Waals surface area contributed by atoms with Crippen molar-refractivity contribution >= 4 is 117 Å². The van der Waals surface area contributed by atoms with E-state index in [1.807, 2.05) is 55.5 Å². The SMILES string of the molecule is CCCCN1C(=O)c2ccc3c4ccc5c6c(ccc(c7ccc(c2c37)C1=O)c64)C(=O)N(CCCN1C(=O)c2ccc3c(=O)n4c6ccccc6nc4c4ccc(c2c34)C1=O)C5=O. The van der Waals surface area contributed by atoms with Crippen molar-refractivity contribution in [1.82, 2.24) is 24.1 Å². The molecule has 13 rings (SSSR count). The quantitative estimate of drug-likeness (QED) is 0.0886. The summed E-state index contributed by atoms with van der Waals surface area (Å²) in [6.45, 7) is 2.26. The maximum Gasteiger partial charge on any atom is 0.264 e. The fraction of sp³-hybridized carbons (Fsp3) is 0.137. The van der Waals surface area contributed by atoms with E-state index in [4.69, 9.17) is 4.98 Å². The molecule has 12 heteroatoms. The molecule has 8 aromatic carbocycles. The minimum absolute atomic E-state index is 0.0466. The van der Waals surface area contributed by atoms with Crippen LogP contribution in [-0.4, -0.2) is 79.2 Å². The van der Waals surface area contributed by atoms with E-state index in [1.54, 1.807) is 52.9 Å². The summed E-state index contributed by atoms with van der Waals surface area (Å²) in [4.78, 5) is 107. The number of fused-ring (bicyclic) bond motifs is 6. The summed E-state index contributed by atoms with van der Waals surface area (Å²) in [5.74, 6) is -2.62. The minimum atomic E-state index is -0.522. The molecule has 2 aromatic heterocycles. The highest BCUT2D eigenvalue weighted by Gasteiger charge is 2.38. The highest BCUT2D eigenvalue weighted by atomic mass is 16.2. The van der Waals surface area contributed by atoms with Crippen molar-refractivity contribution in [3.63, 3.8) is 0 Å². The predicted octanol–water partition coefficient (Wildman–Crippen LogP) is 8.32. The van der Waals surface area contributed by atoms with Crippen molar-refractivity contribution in [3.8, 4) is 0 Å². The molecule has 5 heterocycles. The summed E-state index contributed by atoms with van der Waals surface area (Å²) >= 11 is 0. The summed E-state index contributed by atoms with van der Waals surface area (Å²) in [6, 6.07) is 28.6. The second kappa shape index (κ2) is 12.3. The van der Waals surface area contributed by atoms with Gasteiger partial charge in [0, 0.05) is 85.3 Å². The molecule has 0 aliphatic carbocycles. The summed E-state index contributed by atoms with van der Waals surface area (Å²) in [6.07, 6.45) is 1.69. The monoisotopic (exact) mass is 825 g/mol. The molecule has 3 aliphatic heterocycles. The number of aromatic nitrogens is 2. The van der Waals surface area contributed by atoms with Crippen LogP contribution < -0.4 is 5.56 Å². The molecule has 302 valence electrons. The Kier molecular flexibility index (Phi) is 6.93. The van der Waals surface area contributed by atoms with Crippen LogP contribution in [0.25, 0.3) is 81.3 Å². The fourth-order valence-corrected chi connectivity index (χ4v) is 10.8. The number of hydrogen-bond acceptors (Lipinski definition) is 8. The van der Waals surface area contributed by atoms with Crippen molar-refractivity contribution in [2.75, 3.05) is 19.6 Å². The zero-order chi connectivity index (χ0) is 42.7. The average Bonchev–Trinajstić information content (AvgIpc) is 3.70. The Labute approximate surface area is 355 Å². The van der Waals surface area contributed by atoms with Crippen LogP contribution in [0.5, 0.6) is 0 Å². The lowest BCUT2D eigenvalue weighted by atomic mass is 9.82. The molecule has 12 nitrogen and oxygen atoms in total. The van der Waals surface area contributed by atoms with Crippen molar-refractivity contribution in [1.29, 1.82) is 0 Å². The number of imide groups is 3. The predicted molar refractivity (Wildman–Crippen MR) is 238 cm³/mol. The van der Waals surface area contributed by atoms with Gasteiger partial charge in [0.05, 0.1) is 11.0 Å². The van der Waals surface area contributed by atoms with Crippen LogP contribution >= 0.6 is 0 Å². The van der Waals surface area contributed by atoms with E-state index in [9.17, 15) is 33.6 Å². The summed E-state index contributed by atoms with van der Waals surface area (Å²) in [5, 5.41) is 7.92. The van der Waals surface area contributed by atoms with E-state index < -0.39 is 23.6 Å². The Hall–Kier alpha value is -8.12. The Balaban J connectivity index is 0.831. The number of carbonyl (C=O) groups excluding carboxylic acids is 6. The first-order chi connectivity index (χ1) is 30.7. The molecule has 6 amide bonds. The van der Waals surface area contributed by atoms with Crippen LogP contribution in [-0.2, 0) is 0 Å². The number of carbonyl (C=O) groups is 6. The number of imidazole rings is 1. The number of rotatable bonds is 7. The molecule has 0 bridgehead atoms. The maximum absolute atomic E-state index is 14.3. The summed E-state index contributed by atoms with van der Waals surface area (Å²) < 4.78 is 1.57. The first kappa shape index (κ1) is 35.6. The number of pyridine rings is 1. The molecule has 0 unspecified atom stereocenters. The van der Waals surface area contributed by atoms with Gasteiger partial charge in [-0.15, -0.1) is 0 Å². The average molecular weight is 826 g/mol. The second-order valence-corrected chi connectivity index (χ2v) is 16.8. The highest BCUT2D eigenvalue weighted by Crippen LogP contribution is 2.46. The third kappa shape index (κ3) is 4.34. The molecule has 0 fully saturated rings. The second-order valence-electron chi connectivity index (χ2n) is 16.8. The van der Waals surface area contributed by atoms with Gasteiger partial charge in [0.1, 0.15) is 5.65 Å². The van der Waals surface area contributed by atoms with Crippen LogP contribution in [0.15, 0.2) is 102 Å². The Bertz CT molecular complexity index is 3800. The van der Waals surface area contributed by atoms with Gasteiger partial charge in [0.25, 0.3) is 41.0 Å². The molecule has 0 spiro atoms. The van der Waals surface area contributed by atoms with Gasteiger partial charge in [-0.3, -0.25) is 52.7 Å². The van der Waals surface area contributed by atoms with Crippen LogP contribution in [0.3, 0.4) is 0 Å². The van der Waals surface area contributed by atoms with Crippen molar-refractivity contribution < 1.29 is 28.8 Å². The number of amides is 6. The highest BCUT2D eigenvalue weighted by molar-refractivity contribution is 6.41. The summed E-state index contributed by atoms with van der Waals surface area (Å²) in [5.41, 5.74) is 3.75. The number of nitrogens with zero attached hydrogens (tertiary/aromatic N) is 5. The lowest BCUT2D eigenvalue weighted by molar-refractivity contribution is 0.0569. The molecule has 0 saturated carbocycles. The maximum atomic E-state index is 14.3. The van der Waals surface area contributed by atoms with Gasteiger partial charge >= 0.3 is 0 Å². The minimum Gasteiger partial charge on any atom is -0.274 e. The molecule has 63 heavy (non-hydrogen) atoms. The van der Waals surface area contributed by atoms with Gasteiger partial charge in [-0.1, -0.05) is 49.7 Å². The molecule has 0 radical (unpaired) electrons. The smallest absolute Gasteiger partial charge is 0.264 e. The van der Waals surface area contributed by atoms with Crippen molar-refractivity contribution in [3.05, 3.63) is 141 Å². The number of benzene rings is 8. The topological polar surface area (TPSA) is 147 Å².